The molecule has 0 aliphatic heterocycles. The SMILES string of the molecule is CCNC(=O)c1ccc(CSc2nc(C)c(C)c(N(C)Cc3ccccc3)n2)cc1. The first-order chi connectivity index (χ1) is 14.5. The summed E-state index contributed by atoms with van der Waals surface area (Å²) in [4.78, 5) is 23.6. The molecule has 6 heteroatoms. The Bertz CT molecular complexity index is 990. The third kappa shape index (κ3) is 5.60. The number of carbonyl (C=O) groups excluding carboxylic acids is 1. The van der Waals surface area contributed by atoms with Gasteiger partial charge in [0.15, 0.2) is 5.16 Å². The molecule has 1 N–H and O–H groups in total. The summed E-state index contributed by atoms with van der Waals surface area (Å²) in [6.45, 7) is 7.44. The minimum atomic E-state index is -0.0414. The van der Waals surface area contributed by atoms with Crippen molar-refractivity contribution in [3.8, 4) is 0 Å². The molecular formula is C24H28N4OS. The molecule has 5 nitrogen and oxygen atoms in total. The molecule has 0 radical (unpaired) electrons. The average Bonchev–Trinajstić information content (AvgIpc) is 2.75. The minimum Gasteiger partial charge on any atom is -0.355 e. The normalized spacial score (nSPS) is 10.7. The molecule has 0 spiro atoms. The molecule has 1 amide bonds. The van der Waals surface area contributed by atoms with Gasteiger partial charge in [-0.25, -0.2) is 9.97 Å². The van der Waals surface area contributed by atoms with Gasteiger partial charge in [-0.15, -0.1) is 0 Å². The van der Waals surface area contributed by atoms with Crippen LogP contribution in [0.2, 0.25) is 0 Å². The number of thioether (sulfide) groups is 1. The molecule has 0 unspecified atom stereocenters. The predicted molar refractivity (Wildman–Crippen MR) is 124 cm³/mol. The highest BCUT2D eigenvalue weighted by Gasteiger charge is 2.13. The van der Waals surface area contributed by atoms with E-state index in [1.54, 1.807) is 11.8 Å². The van der Waals surface area contributed by atoms with Gasteiger partial charge in [0.05, 0.1) is 0 Å². The van der Waals surface area contributed by atoms with Crippen molar-refractivity contribution in [1.82, 2.24) is 15.3 Å². The van der Waals surface area contributed by atoms with E-state index < -0.39 is 0 Å². The summed E-state index contributed by atoms with van der Waals surface area (Å²) >= 11 is 1.61. The van der Waals surface area contributed by atoms with Crippen LogP contribution < -0.4 is 10.2 Å². The molecule has 30 heavy (non-hydrogen) atoms. The fourth-order valence-corrected chi connectivity index (χ4v) is 3.96. The number of nitrogens with one attached hydrogen (secondary N) is 1. The van der Waals surface area contributed by atoms with Gasteiger partial charge in [0.1, 0.15) is 5.82 Å². The maximum atomic E-state index is 11.9. The Balaban J connectivity index is 1.70. The highest BCUT2D eigenvalue weighted by Crippen LogP contribution is 2.26. The number of aromatic nitrogens is 2. The maximum absolute atomic E-state index is 11.9. The second-order valence-electron chi connectivity index (χ2n) is 7.23. The van der Waals surface area contributed by atoms with E-state index >= 15 is 0 Å². The molecule has 2 aromatic carbocycles. The minimum absolute atomic E-state index is 0.0414. The molecule has 1 heterocycles. The van der Waals surface area contributed by atoms with Gasteiger partial charge in [-0.1, -0.05) is 54.2 Å². The van der Waals surface area contributed by atoms with Gasteiger partial charge in [-0.3, -0.25) is 4.79 Å². The van der Waals surface area contributed by atoms with E-state index in [1.807, 2.05) is 44.2 Å². The maximum Gasteiger partial charge on any atom is 0.251 e. The first-order valence-electron chi connectivity index (χ1n) is 10.1. The molecule has 3 aromatic rings. The largest absolute Gasteiger partial charge is 0.355 e. The topological polar surface area (TPSA) is 58.1 Å². The molecule has 0 aliphatic carbocycles. The van der Waals surface area contributed by atoms with Crippen LogP contribution in [0, 0.1) is 13.8 Å². The Labute approximate surface area is 182 Å². The van der Waals surface area contributed by atoms with Crippen LogP contribution in [0.15, 0.2) is 59.8 Å². The Morgan fingerprint density at radius 1 is 1.00 bits per heavy atom. The smallest absolute Gasteiger partial charge is 0.251 e. The van der Waals surface area contributed by atoms with Gasteiger partial charge in [-0.2, -0.15) is 0 Å². The highest BCUT2D eigenvalue weighted by atomic mass is 32.2. The molecule has 0 aliphatic rings. The van der Waals surface area contributed by atoms with Crippen LogP contribution in [0.5, 0.6) is 0 Å². The lowest BCUT2D eigenvalue weighted by atomic mass is 10.1. The van der Waals surface area contributed by atoms with Crippen LogP contribution in [-0.4, -0.2) is 29.5 Å². The number of carbonyl (C=O) groups is 1. The van der Waals surface area contributed by atoms with Crippen molar-refractivity contribution in [2.45, 2.75) is 38.2 Å². The summed E-state index contributed by atoms with van der Waals surface area (Å²) in [6.07, 6.45) is 0. The number of benzene rings is 2. The number of anilines is 1. The zero-order valence-electron chi connectivity index (χ0n) is 18.0. The van der Waals surface area contributed by atoms with Gasteiger partial charge < -0.3 is 10.2 Å². The van der Waals surface area contributed by atoms with Crippen LogP contribution in [-0.2, 0) is 12.3 Å². The van der Waals surface area contributed by atoms with E-state index in [2.05, 4.69) is 53.4 Å². The van der Waals surface area contributed by atoms with E-state index in [4.69, 9.17) is 4.98 Å². The Morgan fingerprint density at radius 2 is 1.70 bits per heavy atom. The van der Waals surface area contributed by atoms with Gasteiger partial charge >= 0.3 is 0 Å². The van der Waals surface area contributed by atoms with Crippen LogP contribution >= 0.6 is 11.8 Å². The fraction of sp³-hybridized carbons (Fsp3) is 0.292. The lowest BCUT2D eigenvalue weighted by molar-refractivity contribution is 0.0956. The van der Waals surface area contributed by atoms with E-state index in [0.717, 1.165) is 40.1 Å². The number of hydrogen-bond donors (Lipinski definition) is 1. The van der Waals surface area contributed by atoms with Crippen molar-refractivity contribution in [2.75, 3.05) is 18.5 Å². The zero-order chi connectivity index (χ0) is 21.5. The monoisotopic (exact) mass is 420 g/mol. The summed E-state index contributed by atoms with van der Waals surface area (Å²) in [5.41, 5.74) is 5.15. The van der Waals surface area contributed by atoms with Crippen molar-refractivity contribution in [3.63, 3.8) is 0 Å². The predicted octanol–water partition coefficient (Wildman–Crippen LogP) is 4.77. The molecule has 0 saturated carbocycles. The quantitative estimate of drug-likeness (QED) is 0.420. The third-order valence-electron chi connectivity index (χ3n) is 4.89. The molecule has 0 atom stereocenters. The Hall–Kier alpha value is -2.86. The zero-order valence-corrected chi connectivity index (χ0v) is 18.8. The van der Waals surface area contributed by atoms with Gasteiger partial charge in [0.25, 0.3) is 5.91 Å². The molecule has 0 fully saturated rings. The van der Waals surface area contributed by atoms with Crippen molar-refractivity contribution >= 4 is 23.5 Å². The van der Waals surface area contributed by atoms with E-state index in [0.29, 0.717) is 12.1 Å². The standard InChI is InChI=1S/C24H28N4OS/c1-5-25-23(29)21-13-11-20(12-14-21)16-30-24-26-18(3)17(2)22(27-24)28(4)15-19-9-7-6-8-10-19/h6-14H,5,15-16H2,1-4H3,(H,25,29). The van der Waals surface area contributed by atoms with Crippen molar-refractivity contribution in [3.05, 3.63) is 82.5 Å². The van der Waals surface area contributed by atoms with Crippen molar-refractivity contribution in [1.29, 1.82) is 0 Å². The number of nitrogens with zero attached hydrogens (tertiary/aromatic N) is 3. The lowest BCUT2D eigenvalue weighted by Gasteiger charge is -2.21. The van der Waals surface area contributed by atoms with Crippen LogP contribution in [0.1, 0.15) is 39.7 Å². The van der Waals surface area contributed by atoms with E-state index in [1.165, 1.54) is 5.56 Å². The molecule has 0 saturated heterocycles. The van der Waals surface area contributed by atoms with Gasteiger partial charge in [0, 0.05) is 42.7 Å². The number of rotatable bonds is 8. The Morgan fingerprint density at radius 3 is 2.37 bits per heavy atom. The number of amides is 1. The summed E-state index contributed by atoms with van der Waals surface area (Å²) < 4.78 is 0. The van der Waals surface area contributed by atoms with Crippen LogP contribution in [0.25, 0.3) is 0 Å². The van der Waals surface area contributed by atoms with Crippen molar-refractivity contribution < 1.29 is 4.79 Å². The number of aryl methyl sites for hydroxylation is 1. The first-order valence-corrected chi connectivity index (χ1v) is 11.1. The van der Waals surface area contributed by atoms with Crippen molar-refractivity contribution in [2.24, 2.45) is 0 Å². The molecule has 156 valence electrons. The first kappa shape index (κ1) is 21.8. The molecule has 3 rings (SSSR count). The summed E-state index contributed by atoms with van der Waals surface area (Å²) in [5.74, 6) is 1.67. The second kappa shape index (κ2) is 10.3. The number of hydrogen-bond acceptors (Lipinski definition) is 5. The summed E-state index contributed by atoms with van der Waals surface area (Å²) in [5, 5.41) is 3.58. The molecule has 0 bridgehead atoms. The average molecular weight is 421 g/mol. The van der Waals surface area contributed by atoms with E-state index in [-0.39, 0.29) is 5.91 Å². The fourth-order valence-electron chi connectivity index (χ4n) is 3.12. The molecule has 1 aromatic heterocycles. The third-order valence-corrected chi connectivity index (χ3v) is 5.81. The molecular weight excluding hydrogens is 392 g/mol. The summed E-state index contributed by atoms with van der Waals surface area (Å²) in [6, 6.07) is 18.1. The lowest BCUT2D eigenvalue weighted by Crippen LogP contribution is -2.22. The van der Waals surface area contributed by atoms with E-state index in [9.17, 15) is 4.79 Å². The van der Waals surface area contributed by atoms with Gasteiger partial charge in [-0.05, 0) is 44.0 Å². The summed E-state index contributed by atoms with van der Waals surface area (Å²) in [7, 11) is 2.07. The Kier molecular flexibility index (Phi) is 7.46. The van der Waals surface area contributed by atoms with Gasteiger partial charge in [0.2, 0.25) is 0 Å². The van der Waals surface area contributed by atoms with Crippen LogP contribution in [0.3, 0.4) is 0 Å². The van der Waals surface area contributed by atoms with Crippen LogP contribution in [0.4, 0.5) is 5.82 Å². The second-order valence-corrected chi connectivity index (χ2v) is 8.17. The highest BCUT2D eigenvalue weighted by molar-refractivity contribution is 7.98.